The number of anilines is 1. The number of hydrogen-bond donors (Lipinski definition) is 1. The third-order valence-electron chi connectivity index (χ3n) is 3.67. The summed E-state index contributed by atoms with van der Waals surface area (Å²) >= 11 is 0. The number of carbonyl (C=O) groups excluding carboxylic acids is 2. The third kappa shape index (κ3) is 2.88. The number of benzene rings is 1. The van der Waals surface area contributed by atoms with Gasteiger partial charge in [0.25, 0.3) is 5.91 Å². The molecule has 0 unspecified atom stereocenters. The minimum atomic E-state index is -0.115. The van der Waals surface area contributed by atoms with Crippen molar-refractivity contribution in [3.8, 4) is 0 Å². The predicted octanol–water partition coefficient (Wildman–Crippen LogP) is 1.14. The highest BCUT2D eigenvalue weighted by atomic mass is 35.5. The lowest BCUT2D eigenvalue weighted by Crippen LogP contribution is -2.52. The Morgan fingerprint density at radius 1 is 1.25 bits per heavy atom. The fraction of sp³-hybridized carbons (Fsp3) is 0.429. The van der Waals surface area contributed by atoms with Crippen LogP contribution in [-0.4, -0.2) is 47.3 Å². The molecule has 2 amide bonds. The van der Waals surface area contributed by atoms with Crippen LogP contribution in [0.1, 0.15) is 23.2 Å². The van der Waals surface area contributed by atoms with Crippen LogP contribution in [0.5, 0.6) is 0 Å². The molecule has 6 heteroatoms. The van der Waals surface area contributed by atoms with Crippen molar-refractivity contribution in [2.75, 3.05) is 25.4 Å². The van der Waals surface area contributed by atoms with E-state index in [1.165, 1.54) is 0 Å². The molecule has 1 saturated heterocycles. The van der Waals surface area contributed by atoms with E-state index in [0.717, 1.165) is 12.8 Å². The number of nitrogens with zero attached hydrogens (tertiary/aromatic N) is 2. The second kappa shape index (κ2) is 5.71. The smallest absolute Gasteiger partial charge is 0.254 e. The average Bonchev–Trinajstić information content (AvgIpc) is 3.22. The van der Waals surface area contributed by atoms with E-state index in [4.69, 9.17) is 5.73 Å². The lowest BCUT2D eigenvalue weighted by atomic mass is 10.1. The van der Waals surface area contributed by atoms with Crippen molar-refractivity contribution in [1.29, 1.82) is 0 Å². The van der Waals surface area contributed by atoms with E-state index >= 15 is 0 Å². The van der Waals surface area contributed by atoms with Crippen LogP contribution in [0.2, 0.25) is 0 Å². The predicted molar refractivity (Wildman–Crippen MR) is 78.7 cm³/mol. The average molecular weight is 296 g/mol. The first-order valence-corrected chi connectivity index (χ1v) is 6.59. The molecule has 1 saturated carbocycles. The van der Waals surface area contributed by atoms with E-state index in [2.05, 4.69) is 0 Å². The number of nitrogens with two attached hydrogens (primary N) is 1. The first-order chi connectivity index (χ1) is 9.15. The van der Waals surface area contributed by atoms with Crippen molar-refractivity contribution in [3.63, 3.8) is 0 Å². The first-order valence-electron chi connectivity index (χ1n) is 6.59. The largest absolute Gasteiger partial charge is 0.399 e. The second-order valence-corrected chi connectivity index (χ2v) is 5.17. The highest BCUT2D eigenvalue weighted by molar-refractivity contribution is 5.97. The number of nitrogen functional groups attached to an aromatic ring is 1. The van der Waals surface area contributed by atoms with Crippen LogP contribution in [0.4, 0.5) is 5.69 Å². The highest BCUT2D eigenvalue weighted by Crippen LogP contribution is 2.28. The molecule has 3 rings (SSSR count). The summed E-state index contributed by atoms with van der Waals surface area (Å²) in [5.41, 5.74) is 6.79. The molecule has 0 atom stereocenters. The van der Waals surface area contributed by atoms with Crippen molar-refractivity contribution in [3.05, 3.63) is 29.8 Å². The summed E-state index contributed by atoms with van der Waals surface area (Å²) in [4.78, 5) is 27.8. The van der Waals surface area contributed by atoms with Gasteiger partial charge in [0.1, 0.15) is 6.54 Å². The Kier molecular flexibility index (Phi) is 4.18. The molecular weight excluding hydrogens is 278 g/mol. The van der Waals surface area contributed by atoms with E-state index in [1.807, 2.05) is 4.90 Å². The molecule has 1 aliphatic carbocycles. The molecular formula is C14H18ClN3O2. The zero-order valence-corrected chi connectivity index (χ0v) is 11.9. The molecule has 0 bridgehead atoms. The zero-order valence-electron chi connectivity index (χ0n) is 11.1. The van der Waals surface area contributed by atoms with Gasteiger partial charge in [-0.3, -0.25) is 9.59 Å². The summed E-state index contributed by atoms with van der Waals surface area (Å²) in [5, 5.41) is 0. The van der Waals surface area contributed by atoms with Gasteiger partial charge in [0.05, 0.1) is 0 Å². The normalized spacial score (nSPS) is 18.7. The summed E-state index contributed by atoms with van der Waals surface area (Å²) in [6.07, 6.45) is 2.21. The van der Waals surface area contributed by atoms with Crippen molar-refractivity contribution in [2.24, 2.45) is 0 Å². The molecule has 0 spiro atoms. The van der Waals surface area contributed by atoms with Crippen molar-refractivity contribution in [2.45, 2.75) is 18.9 Å². The van der Waals surface area contributed by atoms with E-state index in [1.54, 1.807) is 29.2 Å². The third-order valence-corrected chi connectivity index (χ3v) is 3.67. The summed E-state index contributed by atoms with van der Waals surface area (Å²) < 4.78 is 0. The van der Waals surface area contributed by atoms with Gasteiger partial charge in [0.15, 0.2) is 0 Å². The minimum absolute atomic E-state index is 0. The van der Waals surface area contributed by atoms with Gasteiger partial charge in [-0.15, -0.1) is 12.4 Å². The number of amides is 2. The minimum Gasteiger partial charge on any atom is -0.399 e. The maximum atomic E-state index is 12.3. The van der Waals surface area contributed by atoms with Crippen LogP contribution in [-0.2, 0) is 4.79 Å². The van der Waals surface area contributed by atoms with E-state index in [-0.39, 0.29) is 30.8 Å². The number of halogens is 1. The maximum Gasteiger partial charge on any atom is 0.254 e. The van der Waals surface area contributed by atoms with Crippen LogP contribution in [0.25, 0.3) is 0 Å². The van der Waals surface area contributed by atoms with Crippen LogP contribution in [0.15, 0.2) is 24.3 Å². The van der Waals surface area contributed by atoms with E-state index in [0.29, 0.717) is 30.4 Å². The Balaban J connectivity index is 0.00000147. The maximum absolute atomic E-state index is 12.3. The highest BCUT2D eigenvalue weighted by Gasteiger charge is 2.36. The monoisotopic (exact) mass is 295 g/mol. The van der Waals surface area contributed by atoms with Crippen LogP contribution >= 0.6 is 12.4 Å². The van der Waals surface area contributed by atoms with Crippen LogP contribution < -0.4 is 5.73 Å². The summed E-state index contributed by atoms with van der Waals surface area (Å²) in [6, 6.07) is 7.31. The fourth-order valence-electron chi connectivity index (χ4n) is 2.49. The van der Waals surface area contributed by atoms with Crippen molar-refractivity contribution in [1.82, 2.24) is 9.80 Å². The van der Waals surface area contributed by atoms with Gasteiger partial charge in [-0.25, -0.2) is 0 Å². The molecule has 1 aromatic carbocycles. The molecule has 108 valence electrons. The van der Waals surface area contributed by atoms with Crippen LogP contribution in [0.3, 0.4) is 0 Å². The lowest BCUT2D eigenvalue weighted by molar-refractivity contribution is -0.135. The molecule has 2 N–H and O–H groups in total. The van der Waals surface area contributed by atoms with Gasteiger partial charge in [-0.1, -0.05) is 6.07 Å². The Labute approximate surface area is 124 Å². The SMILES string of the molecule is Cl.Nc1cccc(C(=O)N2CCN(C3CC3)C(=O)C2)c1. The van der Waals surface area contributed by atoms with Crippen LogP contribution in [0, 0.1) is 0 Å². The Bertz CT molecular complexity index is 531. The fourth-order valence-corrected chi connectivity index (χ4v) is 2.49. The molecule has 0 aromatic heterocycles. The Morgan fingerprint density at radius 3 is 2.60 bits per heavy atom. The molecule has 0 radical (unpaired) electrons. The van der Waals surface area contributed by atoms with Gasteiger partial charge < -0.3 is 15.5 Å². The van der Waals surface area contributed by atoms with Gasteiger partial charge in [-0.05, 0) is 31.0 Å². The first kappa shape index (κ1) is 14.7. The Hall–Kier alpha value is -1.75. The number of piperazine rings is 1. The van der Waals surface area contributed by atoms with E-state index < -0.39 is 0 Å². The molecule has 1 aromatic rings. The quantitative estimate of drug-likeness (QED) is 0.832. The molecule has 2 fully saturated rings. The van der Waals surface area contributed by atoms with Crippen molar-refractivity contribution < 1.29 is 9.59 Å². The van der Waals surface area contributed by atoms with E-state index in [9.17, 15) is 9.59 Å². The van der Waals surface area contributed by atoms with Gasteiger partial charge >= 0.3 is 0 Å². The topological polar surface area (TPSA) is 66.6 Å². The van der Waals surface area contributed by atoms with Gasteiger partial charge in [0.2, 0.25) is 5.91 Å². The van der Waals surface area contributed by atoms with Gasteiger partial charge in [0, 0.05) is 30.4 Å². The van der Waals surface area contributed by atoms with Crippen molar-refractivity contribution >= 4 is 29.9 Å². The molecule has 20 heavy (non-hydrogen) atoms. The zero-order chi connectivity index (χ0) is 13.4. The Morgan fingerprint density at radius 2 is 2.00 bits per heavy atom. The summed E-state index contributed by atoms with van der Waals surface area (Å²) in [6.45, 7) is 1.44. The number of carbonyl (C=O) groups is 2. The molecule has 1 heterocycles. The molecule has 2 aliphatic rings. The number of hydrogen-bond acceptors (Lipinski definition) is 3. The standard InChI is InChI=1S/C14H17N3O2.ClH/c15-11-3-1-2-10(8-11)14(19)16-6-7-17(12-4-5-12)13(18)9-16;/h1-3,8,12H,4-7,9,15H2;1H. The second-order valence-electron chi connectivity index (χ2n) is 5.17. The lowest BCUT2D eigenvalue weighted by Gasteiger charge is -2.34. The molecule has 5 nitrogen and oxygen atoms in total. The van der Waals surface area contributed by atoms with Gasteiger partial charge in [-0.2, -0.15) is 0 Å². The number of rotatable bonds is 2. The summed E-state index contributed by atoms with van der Waals surface area (Å²) in [7, 11) is 0. The summed E-state index contributed by atoms with van der Waals surface area (Å²) in [5.74, 6) is -0.0536. The molecule has 1 aliphatic heterocycles.